The van der Waals surface area contributed by atoms with E-state index in [1.54, 1.807) is 0 Å². The van der Waals surface area contributed by atoms with Gasteiger partial charge in [-0.05, 0) is 25.0 Å². The van der Waals surface area contributed by atoms with Gasteiger partial charge in [0.25, 0.3) is 0 Å². The van der Waals surface area contributed by atoms with Gasteiger partial charge < -0.3 is 10.1 Å². The van der Waals surface area contributed by atoms with Crippen LogP contribution in [0, 0.1) is 0 Å². The Labute approximate surface area is 129 Å². The Kier molecular flexibility index (Phi) is 5.75. The third-order valence-corrected chi connectivity index (χ3v) is 3.03. The summed E-state index contributed by atoms with van der Waals surface area (Å²) in [6, 6.07) is 7.78. The Morgan fingerprint density at radius 1 is 1.10 bits per heavy atom. The SMILES string of the molecule is CCCNc1nc(OCCC)nc(-c2ccccc2Cl)n1. The predicted octanol–water partition coefficient (Wildman–Crippen LogP) is 3.80. The molecule has 0 fully saturated rings. The van der Waals surface area contributed by atoms with Gasteiger partial charge in [0.1, 0.15) is 0 Å². The van der Waals surface area contributed by atoms with Gasteiger partial charge in [0.2, 0.25) is 5.95 Å². The maximum absolute atomic E-state index is 6.21. The number of hydrogen-bond acceptors (Lipinski definition) is 5. The minimum absolute atomic E-state index is 0.320. The first kappa shape index (κ1) is 15.5. The molecule has 2 aromatic rings. The molecule has 112 valence electrons. The monoisotopic (exact) mass is 306 g/mol. The van der Waals surface area contributed by atoms with Crippen molar-refractivity contribution in [2.24, 2.45) is 0 Å². The molecule has 0 unspecified atom stereocenters. The van der Waals surface area contributed by atoms with Gasteiger partial charge in [-0.15, -0.1) is 0 Å². The number of halogens is 1. The first-order valence-electron chi connectivity index (χ1n) is 7.12. The highest BCUT2D eigenvalue weighted by molar-refractivity contribution is 6.33. The summed E-state index contributed by atoms with van der Waals surface area (Å²) in [5.74, 6) is 1.02. The highest BCUT2D eigenvalue weighted by Crippen LogP contribution is 2.26. The van der Waals surface area contributed by atoms with E-state index >= 15 is 0 Å². The molecule has 0 saturated heterocycles. The lowest BCUT2D eigenvalue weighted by atomic mass is 10.2. The van der Waals surface area contributed by atoms with Crippen LogP contribution >= 0.6 is 11.6 Å². The van der Waals surface area contributed by atoms with E-state index in [4.69, 9.17) is 16.3 Å². The van der Waals surface area contributed by atoms with Crippen molar-refractivity contribution in [2.45, 2.75) is 26.7 Å². The number of nitrogens with one attached hydrogen (secondary N) is 1. The fourth-order valence-electron chi connectivity index (χ4n) is 1.69. The summed E-state index contributed by atoms with van der Waals surface area (Å²) in [6.07, 6.45) is 1.88. The molecule has 0 amide bonds. The molecular weight excluding hydrogens is 288 g/mol. The van der Waals surface area contributed by atoms with Gasteiger partial charge in [-0.2, -0.15) is 15.0 Å². The molecule has 0 aliphatic rings. The molecule has 0 radical (unpaired) electrons. The second-order valence-corrected chi connectivity index (χ2v) is 4.93. The molecule has 1 aromatic heterocycles. The fourth-order valence-corrected chi connectivity index (χ4v) is 1.91. The molecule has 5 nitrogen and oxygen atoms in total. The average Bonchev–Trinajstić information content (AvgIpc) is 2.51. The summed E-state index contributed by atoms with van der Waals surface area (Å²) in [5, 5.41) is 3.76. The Balaban J connectivity index is 2.36. The third kappa shape index (κ3) is 4.29. The molecule has 0 bridgehead atoms. The Hall–Kier alpha value is -1.88. The zero-order valence-electron chi connectivity index (χ0n) is 12.3. The third-order valence-electron chi connectivity index (χ3n) is 2.70. The molecule has 2 rings (SSSR count). The molecule has 21 heavy (non-hydrogen) atoms. The lowest BCUT2D eigenvalue weighted by Gasteiger charge is -2.09. The van der Waals surface area contributed by atoms with Crippen LogP contribution in [0.3, 0.4) is 0 Å². The number of nitrogens with zero attached hydrogens (tertiary/aromatic N) is 3. The van der Waals surface area contributed by atoms with Gasteiger partial charge >= 0.3 is 6.01 Å². The Morgan fingerprint density at radius 3 is 2.62 bits per heavy atom. The van der Waals surface area contributed by atoms with E-state index in [2.05, 4.69) is 27.2 Å². The lowest BCUT2D eigenvalue weighted by molar-refractivity contribution is 0.292. The summed E-state index contributed by atoms with van der Waals surface area (Å²) >= 11 is 6.21. The highest BCUT2D eigenvalue weighted by atomic mass is 35.5. The van der Waals surface area contributed by atoms with E-state index in [-0.39, 0.29) is 0 Å². The zero-order valence-corrected chi connectivity index (χ0v) is 13.0. The molecule has 0 spiro atoms. The van der Waals surface area contributed by atoms with Crippen molar-refractivity contribution >= 4 is 17.5 Å². The van der Waals surface area contributed by atoms with E-state index in [1.165, 1.54) is 0 Å². The number of aromatic nitrogens is 3. The van der Waals surface area contributed by atoms with Crippen LogP contribution in [0.1, 0.15) is 26.7 Å². The van der Waals surface area contributed by atoms with Crippen molar-refractivity contribution < 1.29 is 4.74 Å². The van der Waals surface area contributed by atoms with Crippen molar-refractivity contribution in [1.29, 1.82) is 0 Å². The number of anilines is 1. The molecule has 0 saturated carbocycles. The van der Waals surface area contributed by atoms with Gasteiger partial charge in [-0.25, -0.2) is 0 Å². The number of benzene rings is 1. The second-order valence-electron chi connectivity index (χ2n) is 4.52. The van der Waals surface area contributed by atoms with Crippen molar-refractivity contribution in [3.8, 4) is 17.4 Å². The van der Waals surface area contributed by atoms with E-state index in [1.807, 2.05) is 31.2 Å². The first-order valence-corrected chi connectivity index (χ1v) is 7.50. The molecule has 1 aromatic carbocycles. The van der Waals surface area contributed by atoms with Crippen molar-refractivity contribution in [2.75, 3.05) is 18.5 Å². The van der Waals surface area contributed by atoms with Crippen LogP contribution in [-0.4, -0.2) is 28.1 Å². The quantitative estimate of drug-likeness (QED) is 0.843. The maximum atomic E-state index is 6.21. The van der Waals surface area contributed by atoms with Crippen LogP contribution in [0.4, 0.5) is 5.95 Å². The van der Waals surface area contributed by atoms with E-state index in [0.29, 0.717) is 29.4 Å². The van der Waals surface area contributed by atoms with Crippen molar-refractivity contribution in [1.82, 2.24) is 15.0 Å². The van der Waals surface area contributed by atoms with Gasteiger partial charge in [0.15, 0.2) is 5.82 Å². The normalized spacial score (nSPS) is 10.4. The molecule has 1 N–H and O–H groups in total. The summed E-state index contributed by atoms with van der Waals surface area (Å²) in [5.41, 5.74) is 0.766. The van der Waals surface area contributed by atoms with E-state index in [0.717, 1.165) is 24.9 Å². The summed E-state index contributed by atoms with van der Waals surface area (Å²) < 4.78 is 5.53. The predicted molar refractivity (Wildman–Crippen MR) is 84.8 cm³/mol. The van der Waals surface area contributed by atoms with Crippen LogP contribution in [0.5, 0.6) is 6.01 Å². The number of ether oxygens (including phenoxy) is 1. The van der Waals surface area contributed by atoms with Gasteiger partial charge in [-0.1, -0.05) is 37.6 Å². The van der Waals surface area contributed by atoms with Crippen molar-refractivity contribution in [3.63, 3.8) is 0 Å². The standard InChI is InChI=1S/C15H19ClN4O/c1-3-9-17-14-18-13(11-7-5-6-8-12(11)16)19-15(20-14)21-10-4-2/h5-8H,3-4,9-10H2,1-2H3,(H,17,18,19,20). The smallest absolute Gasteiger partial charge is 0.321 e. The largest absolute Gasteiger partial charge is 0.463 e. The van der Waals surface area contributed by atoms with Crippen LogP contribution in [0.15, 0.2) is 24.3 Å². The topological polar surface area (TPSA) is 59.9 Å². The number of rotatable bonds is 7. The summed E-state index contributed by atoms with van der Waals surface area (Å²) in [7, 11) is 0. The van der Waals surface area contributed by atoms with Crippen molar-refractivity contribution in [3.05, 3.63) is 29.3 Å². The van der Waals surface area contributed by atoms with Gasteiger partial charge in [-0.3, -0.25) is 0 Å². The average molecular weight is 307 g/mol. The second kappa shape index (κ2) is 7.78. The molecular formula is C15H19ClN4O. The van der Waals surface area contributed by atoms with Crippen LogP contribution in [0.2, 0.25) is 5.02 Å². The zero-order chi connectivity index (χ0) is 15.1. The molecule has 0 aliphatic carbocycles. The Bertz CT molecular complexity index is 565. The number of hydrogen-bond donors (Lipinski definition) is 1. The van der Waals surface area contributed by atoms with Gasteiger partial charge in [0, 0.05) is 12.1 Å². The summed E-state index contributed by atoms with van der Waals surface area (Å²) in [6.45, 7) is 5.47. The fraction of sp³-hybridized carbons (Fsp3) is 0.400. The van der Waals surface area contributed by atoms with Crippen LogP contribution < -0.4 is 10.1 Å². The van der Waals surface area contributed by atoms with Crippen LogP contribution in [-0.2, 0) is 0 Å². The molecule has 6 heteroatoms. The Morgan fingerprint density at radius 2 is 1.90 bits per heavy atom. The molecule has 0 atom stereocenters. The highest BCUT2D eigenvalue weighted by Gasteiger charge is 2.11. The van der Waals surface area contributed by atoms with E-state index in [9.17, 15) is 0 Å². The first-order chi connectivity index (χ1) is 10.2. The van der Waals surface area contributed by atoms with Crippen LogP contribution in [0.25, 0.3) is 11.4 Å². The lowest BCUT2D eigenvalue weighted by Crippen LogP contribution is -2.09. The maximum Gasteiger partial charge on any atom is 0.321 e. The minimum atomic E-state index is 0.320. The minimum Gasteiger partial charge on any atom is -0.463 e. The van der Waals surface area contributed by atoms with E-state index < -0.39 is 0 Å². The summed E-state index contributed by atoms with van der Waals surface area (Å²) in [4.78, 5) is 13.0. The molecule has 1 heterocycles. The molecule has 0 aliphatic heterocycles. The van der Waals surface area contributed by atoms with Gasteiger partial charge in [0.05, 0.1) is 11.6 Å².